The third kappa shape index (κ3) is 7.62. The van der Waals surface area contributed by atoms with Crippen molar-refractivity contribution in [1.29, 1.82) is 0 Å². The predicted octanol–water partition coefficient (Wildman–Crippen LogP) is 6.69. The summed E-state index contributed by atoms with van der Waals surface area (Å²) in [5.41, 5.74) is 4.26. The van der Waals surface area contributed by atoms with Crippen LogP contribution in [-0.2, 0) is 39.5 Å². The molecule has 0 bridgehead atoms. The zero-order valence-electron chi connectivity index (χ0n) is 23.6. The summed E-state index contributed by atoms with van der Waals surface area (Å²) in [7, 11) is -7.22. The fraction of sp³-hybridized carbons (Fsp3) is 0.0625. The summed E-state index contributed by atoms with van der Waals surface area (Å²) < 4.78 is 54.9. The van der Waals surface area contributed by atoms with Crippen LogP contribution in [0.3, 0.4) is 0 Å². The van der Waals surface area contributed by atoms with E-state index in [-0.39, 0.29) is 29.3 Å². The van der Waals surface area contributed by atoms with Crippen LogP contribution in [0.4, 0.5) is 11.4 Å². The van der Waals surface area contributed by atoms with E-state index in [9.17, 15) is 16.8 Å². The Balaban J connectivity index is 0.000000192. The van der Waals surface area contributed by atoms with Crippen LogP contribution in [0.2, 0.25) is 0 Å². The summed E-state index contributed by atoms with van der Waals surface area (Å²) in [5.74, 6) is 0. The maximum absolute atomic E-state index is 12.4. The van der Waals surface area contributed by atoms with Crippen molar-refractivity contribution in [2.75, 3.05) is 9.44 Å². The molecule has 2 aromatic heterocycles. The van der Waals surface area contributed by atoms with Crippen LogP contribution in [0.15, 0.2) is 131 Å². The van der Waals surface area contributed by atoms with Gasteiger partial charge >= 0.3 is 19.5 Å². The minimum atomic E-state index is -3.61. The van der Waals surface area contributed by atoms with Gasteiger partial charge in [-0.15, -0.1) is 0 Å². The van der Waals surface area contributed by atoms with Crippen LogP contribution in [-0.4, -0.2) is 26.8 Å². The second-order valence-corrected chi connectivity index (χ2v) is 13.0. The summed E-state index contributed by atoms with van der Waals surface area (Å²) in [6, 6.07) is 31.7. The Morgan fingerprint density at radius 2 is 0.837 bits per heavy atom. The van der Waals surface area contributed by atoms with Crippen molar-refractivity contribution in [2.45, 2.75) is 23.6 Å². The number of pyridine rings is 2. The van der Waals surface area contributed by atoms with Gasteiger partial charge in [0.1, 0.15) is 0 Å². The topological polar surface area (TPSA) is 118 Å². The van der Waals surface area contributed by atoms with Gasteiger partial charge in [-0.1, -0.05) is 71.8 Å². The van der Waals surface area contributed by atoms with Gasteiger partial charge in [-0.3, -0.25) is 19.4 Å². The number of anilines is 2. The molecule has 8 nitrogen and oxygen atoms in total. The Morgan fingerprint density at radius 3 is 1.21 bits per heavy atom. The van der Waals surface area contributed by atoms with Gasteiger partial charge in [-0.2, -0.15) is 0 Å². The summed E-state index contributed by atoms with van der Waals surface area (Å²) >= 11 is 0. The third-order valence-corrected chi connectivity index (χ3v) is 9.18. The van der Waals surface area contributed by atoms with Gasteiger partial charge < -0.3 is 0 Å². The molecule has 212 valence electrons. The van der Waals surface area contributed by atoms with Gasteiger partial charge in [0.25, 0.3) is 20.0 Å². The number of aryl methyl sites for hydroxylation is 2. The Morgan fingerprint density at radius 1 is 0.488 bits per heavy atom. The van der Waals surface area contributed by atoms with E-state index < -0.39 is 20.0 Å². The van der Waals surface area contributed by atoms with E-state index in [0.29, 0.717) is 22.4 Å². The number of rotatable bonds is 6. The number of aromatic nitrogens is 2. The number of sulfonamides is 2. The van der Waals surface area contributed by atoms with Crippen LogP contribution >= 0.6 is 0 Å². The van der Waals surface area contributed by atoms with Gasteiger partial charge in [-0.05, 0) is 62.4 Å². The molecule has 6 rings (SSSR count). The zero-order chi connectivity index (χ0) is 29.7. The molecule has 6 aromatic rings. The molecular formula is C32H28N4O4S2Zn+2. The Bertz CT molecular complexity index is 1920. The van der Waals surface area contributed by atoms with Gasteiger partial charge in [-0.25, -0.2) is 16.8 Å². The van der Waals surface area contributed by atoms with E-state index in [1.54, 1.807) is 85.2 Å². The molecule has 0 radical (unpaired) electrons. The van der Waals surface area contributed by atoms with Crippen molar-refractivity contribution in [3.63, 3.8) is 0 Å². The molecule has 0 saturated carbocycles. The number of nitrogens with one attached hydrogen (secondary N) is 2. The van der Waals surface area contributed by atoms with Crippen molar-refractivity contribution in [3.8, 4) is 0 Å². The quantitative estimate of drug-likeness (QED) is 0.192. The molecule has 43 heavy (non-hydrogen) atoms. The summed E-state index contributed by atoms with van der Waals surface area (Å²) in [6.45, 7) is 3.83. The molecule has 0 fully saturated rings. The van der Waals surface area contributed by atoms with Crippen molar-refractivity contribution in [1.82, 2.24) is 9.97 Å². The summed E-state index contributed by atoms with van der Waals surface area (Å²) in [6.07, 6.45) is 3.29. The van der Waals surface area contributed by atoms with Crippen molar-refractivity contribution in [2.24, 2.45) is 0 Å². The summed E-state index contributed by atoms with van der Waals surface area (Å²) in [4.78, 5) is 8.97. The van der Waals surface area contributed by atoms with Gasteiger partial charge in [0, 0.05) is 23.2 Å². The Hall–Kier alpha value is -4.18. The Kier molecular flexibility index (Phi) is 9.91. The number of para-hydroxylation sites is 2. The van der Waals surface area contributed by atoms with Crippen molar-refractivity contribution in [3.05, 3.63) is 133 Å². The smallest absolute Gasteiger partial charge is 0.277 e. The molecule has 0 aliphatic carbocycles. The number of fused-ring (bicyclic) bond motifs is 2. The zero-order valence-corrected chi connectivity index (χ0v) is 28.2. The van der Waals surface area contributed by atoms with Gasteiger partial charge in [0.05, 0.1) is 32.2 Å². The van der Waals surface area contributed by atoms with Crippen LogP contribution < -0.4 is 9.44 Å². The average molecular weight is 662 g/mol. The fourth-order valence-electron chi connectivity index (χ4n) is 4.22. The Labute approximate surface area is 264 Å². The monoisotopic (exact) mass is 660 g/mol. The molecule has 0 atom stereocenters. The first-order chi connectivity index (χ1) is 20.1. The van der Waals surface area contributed by atoms with Gasteiger partial charge in [0.2, 0.25) is 0 Å². The molecule has 4 aromatic carbocycles. The molecule has 0 amide bonds. The molecular weight excluding hydrogens is 634 g/mol. The van der Waals surface area contributed by atoms with E-state index >= 15 is 0 Å². The first-order valence-corrected chi connectivity index (χ1v) is 16.0. The van der Waals surface area contributed by atoms with Crippen molar-refractivity contribution < 1.29 is 36.3 Å². The van der Waals surface area contributed by atoms with Crippen LogP contribution in [0, 0.1) is 13.8 Å². The van der Waals surface area contributed by atoms with Crippen LogP contribution in [0.25, 0.3) is 21.8 Å². The molecule has 0 aliphatic rings. The molecule has 11 heteroatoms. The molecule has 0 aliphatic heterocycles. The second kappa shape index (κ2) is 13.4. The minimum Gasteiger partial charge on any atom is -0.277 e. The number of hydrogen-bond acceptors (Lipinski definition) is 6. The average Bonchev–Trinajstić information content (AvgIpc) is 2.98. The van der Waals surface area contributed by atoms with E-state index in [4.69, 9.17) is 0 Å². The maximum Gasteiger partial charge on any atom is 2.00 e. The summed E-state index contributed by atoms with van der Waals surface area (Å²) in [5, 5.41) is 1.78. The first kappa shape index (κ1) is 31.8. The molecule has 2 N–H and O–H groups in total. The first-order valence-electron chi connectivity index (χ1n) is 13.0. The van der Waals surface area contributed by atoms with E-state index in [2.05, 4.69) is 19.4 Å². The standard InChI is InChI=1S/2C16H14N2O2S.Zn/c2*1-12-7-9-14(10-8-12)21(19,20)18-15-6-2-4-13-5-3-11-17-16(13)15;/h2*2-11,18H,1H3;/q;;+2. The maximum atomic E-state index is 12.4. The predicted molar refractivity (Wildman–Crippen MR) is 167 cm³/mol. The third-order valence-electron chi connectivity index (χ3n) is 6.42. The molecule has 0 saturated heterocycles. The van der Waals surface area contributed by atoms with Crippen LogP contribution in [0.1, 0.15) is 11.1 Å². The number of nitrogens with zero attached hydrogens (tertiary/aromatic N) is 2. The van der Waals surface area contributed by atoms with Gasteiger partial charge in [0.15, 0.2) is 0 Å². The SMILES string of the molecule is Cc1ccc(S(=O)(=O)Nc2cccc3cccnc23)cc1.Cc1ccc(S(=O)(=O)Nc2cccc3cccnc23)cc1.[Zn+2]. The largest absolute Gasteiger partial charge is 2.00 e. The fourth-order valence-corrected chi connectivity index (χ4v) is 6.35. The number of benzene rings is 4. The van der Waals surface area contributed by atoms with Crippen molar-refractivity contribution >= 4 is 53.2 Å². The molecule has 0 spiro atoms. The number of hydrogen-bond donors (Lipinski definition) is 2. The second-order valence-electron chi connectivity index (χ2n) is 9.60. The van der Waals surface area contributed by atoms with E-state index in [0.717, 1.165) is 21.9 Å². The molecule has 2 heterocycles. The van der Waals surface area contributed by atoms with Crippen LogP contribution in [0.5, 0.6) is 0 Å². The normalized spacial score (nSPS) is 11.2. The van der Waals surface area contributed by atoms with E-state index in [1.165, 1.54) is 0 Å². The minimum absolute atomic E-state index is 0. The molecule has 0 unspecified atom stereocenters. The van der Waals surface area contributed by atoms with E-state index in [1.807, 2.05) is 50.2 Å².